The number of anilines is 1. The molecule has 4 nitrogen and oxygen atoms in total. The van der Waals surface area contributed by atoms with Gasteiger partial charge in [-0.3, -0.25) is 9.59 Å². The van der Waals surface area contributed by atoms with Gasteiger partial charge in [-0.05, 0) is 31.0 Å². The van der Waals surface area contributed by atoms with E-state index in [1.54, 1.807) is 0 Å². The number of amides is 2. The Hall–Kier alpha value is -2.53. The van der Waals surface area contributed by atoms with Crippen LogP contribution in [0.2, 0.25) is 0 Å². The smallest absolute Gasteiger partial charge is 0.262 e. The van der Waals surface area contributed by atoms with Crippen LogP contribution in [-0.2, 0) is 16.0 Å². The van der Waals surface area contributed by atoms with Gasteiger partial charge in [0, 0.05) is 17.5 Å². The zero-order valence-corrected chi connectivity index (χ0v) is 14.2. The van der Waals surface area contributed by atoms with Crippen LogP contribution in [-0.4, -0.2) is 18.4 Å². The molecule has 1 aliphatic heterocycles. The molecule has 5 heteroatoms. The van der Waals surface area contributed by atoms with Crippen molar-refractivity contribution in [3.05, 3.63) is 70.6 Å². The van der Waals surface area contributed by atoms with Crippen molar-refractivity contribution >= 4 is 29.3 Å². The number of carbonyl (C=O) groups is 2. The van der Waals surface area contributed by atoms with Crippen molar-refractivity contribution in [2.24, 2.45) is 0 Å². The lowest BCUT2D eigenvalue weighted by molar-refractivity contribution is -0.117. The fourth-order valence-electron chi connectivity index (χ4n) is 2.36. The van der Waals surface area contributed by atoms with Crippen LogP contribution in [0, 0.1) is 6.92 Å². The number of aryl methyl sites for hydroxylation is 1. The second-order valence-electron chi connectivity index (χ2n) is 5.59. The monoisotopic (exact) mass is 338 g/mol. The van der Waals surface area contributed by atoms with E-state index in [1.807, 2.05) is 31.2 Å². The minimum atomic E-state index is -0.251. The summed E-state index contributed by atoms with van der Waals surface area (Å²) in [6.07, 6.45) is 2.13. The van der Waals surface area contributed by atoms with Crippen LogP contribution >= 0.6 is 11.8 Å². The van der Waals surface area contributed by atoms with E-state index in [9.17, 15) is 9.59 Å². The Balaban J connectivity index is 1.57. The average Bonchev–Trinajstić information content (AvgIpc) is 2.57. The van der Waals surface area contributed by atoms with E-state index < -0.39 is 0 Å². The molecule has 0 saturated heterocycles. The van der Waals surface area contributed by atoms with Gasteiger partial charge in [-0.25, -0.2) is 0 Å². The molecule has 0 unspecified atom stereocenters. The number of hydrogen-bond acceptors (Lipinski definition) is 3. The number of hydrogen-bond donors (Lipinski definition) is 2. The first-order chi connectivity index (χ1) is 11.6. The molecule has 0 radical (unpaired) electrons. The molecule has 1 aliphatic rings. The topological polar surface area (TPSA) is 58.2 Å². The number of rotatable bonds is 4. The maximum Gasteiger partial charge on any atom is 0.262 e. The molecule has 3 rings (SSSR count). The number of nitrogens with one attached hydrogen (secondary N) is 2. The summed E-state index contributed by atoms with van der Waals surface area (Å²) in [7, 11) is 0. The first kappa shape index (κ1) is 16.3. The highest BCUT2D eigenvalue weighted by molar-refractivity contribution is 8.04. The number of para-hydroxylation sites is 1. The van der Waals surface area contributed by atoms with E-state index in [0.29, 0.717) is 11.4 Å². The Bertz CT molecular complexity index is 797. The van der Waals surface area contributed by atoms with Gasteiger partial charge in [0.05, 0.1) is 10.6 Å². The molecule has 0 saturated carbocycles. The summed E-state index contributed by atoms with van der Waals surface area (Å²) in [6.45, 7) is 2.58. The van der Waals surface area contributed by atoms with Crippen LogP contribution in [0.5, 0.6) is 0 Å². The van der Waals surface area contributed by atoms with E-state index in [0.717, 1.165) is 17.0 Å². The van der Waals surface area contributed by atoms with Crippen LogP contribution in [0.3, 0.4) is 0 Å². The molecule has 0 aliphatic carbocycles. The van der Waals surface area contributed by atoms with Gasteiger partial charge >= 0.3 is 0 Å². The quantitative estimate of drug-likeness (QED) is 0.841. The molecule has 2 amide bonds. The maximum atomic E-state index is 12.0. The molecule has 0 bridgehead atoms. The van der Waals surface area contributed by atoms with Crippen LogP contribution in [0.1, 0.15) is 11.1 Å². The predicted octanol–water partition coefficient (Wildman–Crippen LogP) is 3.28. The molecular formula is C19H18N2O2S. The largest absolute Gasteiger partial charge is 0.352 e. The van der Waals surface area contributed by atoms with Crippen molar-refractivity contribution in [2.45, 2.75) is 18.2 Å². The molecule has 0 atom stereocenters. The number of thioether (sulfide) groups is 1. The molecule has 2 aromatic carbocycles. The van der Waals surface area contributed by atoms with E-state index in [1.165, 1.54) is 29.0 Å². The average molecular weight is 338 g/mol. The Morgan fingerprint density at radius 3 is 2.71 bits per heavy atom. The van der Waals surface area contributed by atoms with Gasteiger partial charge in [0.15, 0.2) is 0 Å². The standard InChI is InChI=1S/C19H18N2O2S/c1-13-6-8-14(9-7-13)10-11-20-18(22)12-17-19(23)21-15-4-2-3-5-16(15)24-17/h2-9,12H,10-11H2,1H3,(H,20,22)(H,21,23)/b17-12-. The van der Waals surface area contributed by atoms with Crippen molar-refractivity contribution in [2.75, 3.05) is 11.9 Å². The number of carbonyl (C=O) groups excluding carboxylic acids is 2. The van der Waals surface area contributed by atoms with Gasteiger partial charge in [0.1, 0.15) is 0 Å². The van der Waals surface area contributed by atoms with Crippen molar-refractivity contribution < 1.29 is 9.59 Å². The van der Waals surface area contributed by atoms with Gasteiger partial charge in [-0.1, -0.05) is 53.7 Å². The van der Waals surface area contributed by atoms with E-state index in [-0.39, 0.29) is 11.8 Å². The van der Waals surface area contributed by atoms with Crippen LogP contribution < -0.4 is 10.6 Å². The fraction of sp³-hybridized carbons (Fsp3) is 0.158. The van der Waals surface area contributed by atoms with Crippen LogP contribution in [0.25, 0.3) is 0 Å². The lowest BCUT2D eigenvalue weighted by Crippen LogP contribution is -2.26. The van der Waals surface area contributed by atoms with Gasteiger partial charge in [-0.15, -0.1) is 0 Å². The van der Waals surface area contributed by atoms with Gasteiger partial charge in [0.2, 0.25) is 5.91 Å². The highest BCUT2D eigenvalue weighted by Gasteiger charge is 2.21. The highest BCUT2D eigenvalue weighted by Crippen LogP contribution is 2.37. The Labute approximate surface area is 145 Å². The molecule has 2 aromatic rings. The molecule has 0 aromatic heterocycles. The summed E-state index contributed by atoms with van der Waals surface area (Å²) >= 11 is 1.31. The first-order valence-electron chi connectivity index (χ1n) is 7.75. The van der Waals surface area contributed by atoms with Gasteiger partial charge in [0.25, 0.3) is 5.91 Å². The third-order valence-electron chi connectivity index (χ3n) is 3.67. The third-order valence-corrected chi connectivity index (χ3v) is 4.77. The van der Waals surface area contributed by atoms with Crippen molar-refractivity contribution in [1.29, 1.82) is 0 Å². The lowest BCUT2D eigenvalue weighted by Gasteiger charge is -2.17. The van der Waals surface area contributed by atoms with E-state index in [2.05, 4.69) is 34.9 Å². The molecule has 1 heterocycles. The summed E-state index contributed by atoms with van der Waals surface area (Å²) in [5.74, 6) is -0.494. The second kappa shape index (κ2) is 7.36. The van der Waals surface area contributed by atoms with Gasteiger partial charge < -0.3 is 10.6 Å². The van der Waals surface area contributed by atoms with E-state index in [4.69, 9.17) is 0 Å². The van der Waals surface area contributed by atoms with Crippen molar-refractivity contribution in [3.8, 4) is 0 Å². The highest BCUT2D eigenvalue weighted by atomic mass is 32.2. The minimum Gasteiger partial charge on any atom is -0.352 e. The first-order valence-corrected chi connectivity index (χ1v) is 8.57. The lowest BCUT2D eigenvalue weighted by atomic mass is 10.1. The van der Waals surface area contributed by atoms with Crippen LogP contribution in [0.15, 0.2) is 64.4 Å². The molecule has 0 fully saturated rings. The maximum absolute atomic E-state index is 12.0. The summed E-state index contributed by atoms with van der Waals surface area (Å²) in [4.78, 5) is 25.4. The molecule has 0 spiro atoms. The molecule has 122 valence electrons. The minimum absolute atomic E-state index is 0.243. The normalized spacial score (nSPS) is 14.9. The molecular weight excluding hydrogens is 320 g/mol. The summed E-state index contributed by atoms with van der Waals surface area (Å²) < 4.78 is 0. The Kier molecular flexibility index (Phi) is 5.01. The Morgan fingerprint density at radius 2 is 1.92 bits per heavy atom. The van der Waals surface area contributed by atoms with Crippen molar-refractivity contribution in [1.82, 2.24) is 5.32 Å². The fourth-order valence-corrected chi connectivity index (χ4v) is 3.28. The third kappa shape index (κ3) is 4.06. The zero-order chi connectivity index (χ0) is 16.9. The summed E-state index contributed by atoms with van der Waals surface area (Å²) in [5.41, 5.74) is 3.17. The van der Waals surface area contributed by atoms with Crippen molar-refractivity contribution in [3.63, 3.8) is 0 Å². The number of benzene rings is 2. The summed E-state index contributed by atoms with van der Waals surface area (Å²) in [5, 5.41) is 5.62. The van der Waals surface area contributed by atoms with Gasteiger partial charge in [-0.2, -0.15) is 0 Å². The van der Waals surface area contributed by atoms with Crippen LogP contribution in [0.4, 0.5) is 5.69 Å². The van der Waals surface area contributed by atoms with E-state index >= 15 is 0 Å². The second-order valence-corrected chi connectivity index (χ2v) is 6.67. The summed E-state index contributed by atoms with van der Waals surface area (Å²) in [6, 6.07) is 15.8. The molecule has 24 heavy (non-hydrogen) atoms. The Morgan fingerprint density at radius 1 is 1.17 bits per heavy atom. The predicted molar refractivity (Wildman–Crippen MR) is 96.9 cm³/mol. The molecule has 2 N–H and O–H groups in total. The zero-order valence-electron chi connectivity index (χ0n) is 13.3. The number of fused-ring (bicyclic) bond motifs is 1. The SMILES string of the molecule is Cc1ccc(CCNC(=O)/C=C2\Sc3ccccc3NC2=O)cc1.